The maximum atomic E-state index is 14.3. The van der Waals surface area contributed by atoms with Gasteiger partial charge in [0, 0.05) is 8.80 Å². The van der Waals surface area contributed by atoms with Gasteiger partial charge in [-0.15, -0.1) is 0 Å². The van der Waals surface area contributed by atoms with E-state index in [4.69, 9.17) is 0 Å². The van der Waals surface area contributed by atoms with Gasteiger partial charge >= 0.3 is 12.1 Å². The summed E-state index contributed by atoms with van der Waals surface area (Å²) in [5.41, 5.74) is 2.52. The maximum absolute atomic E-state index is 14.3. The number of unbranched alkanes of at least 4 members (excludes halogenated alkanes) is 2. The Bertz CT molecular complexity index is 889. The van der Waals surface area contributed by atoms with Crippen LogP contribution in [0.25, 0.3) is 11.1 Å². The second-order valence-corrected chi connectivity index (χ2v) is 12.4. The third kappa shape index (κ3) is 6.77. The average molecular weight is 489 g/mol. The summed E-state index contributed by atoms with van der Waals surface area (Å²) in [6, 6.07) is 15.7. The van der Waals surface area contributed by atoms with Crippen molar-refractivity contribution >= 4 is 8.80 Å². The Balaban J connectivity index is 1.58. The zero-order chi connectivity index (χ0) is 24.1. The molecule has 0 N–H and O–H groups in total. The van der Waals surface area contributed by atoms with Crippen molar-refractivity contribution in [2.75, 3.05) is 6.61 Å². The van der Waals surface area contributed by atoms with Crippen molar-refractivity contribution in [3.05, 3.63) is 53.8 Å². The number of benzene rings is 2. The average Bonchev–Trinajstić information content (AvgIpc) is 2.78. The molecule has 1 heterocycles. The zero-order valence-electron chi connectivity index (χ0n) is 18.7. The molecule has 1 fully saturated rings. The van der Waals surface area contributed by atoms with E-state index in [9.17, 15) is 26.3 Å². The third-order valence-electron chi connectivity index (χ3n) is 6.53. The van der Waals surface area contributed by atoms with E-state index in [2.05, 4.69) is 11.7 Å². The highest BCUT2D eigenvalue weighted by Crippen LogP contribution is 2.38. The van der Waals surface area contributed by atoms with Crippen LogP contribution in [0.4, 0.5) is 26.3 Å². The molecule has 1 aliphatic rings. The van der Waals surface area contributed by atoms with E-state index < -0.39 is 39.1 Å². The van der Waals surface area contributed by atoms with Gasteiger partial charge in [0.2, 0.25) is 0 Å². The topological polar surface area (TPSA) is 9.23 Å². The molecule has 0 atom stereocenters. The lowest BCUT2D eigenvalue weighted by atomic mass is 9.92. The van der Waals surface area contributed by atoms with Crippen molar-refractivity contribution in [1.82, 2.24) is 0 Å². The zero-order valence-corrected chi connectivity index (χ0v) is 19.9. The minimum atomic E-state index is -5.75. The fourth-order valence-corrected chi connectivity index (χ4v) is 7.94. The van der Waals surface area contributed by atoms with Crippen LogP contribution in [-0.2, 0) is 0 Å². The van der Waals surface area contributed by atoms with Crippen molar-refractivity contribution in [2.24, 2.45) is 0 Å². The summed E-state index contributed by atoms with van der Waals surface area (Å²) in [6.07, 6.45) is 0.683. The third-order valence-corrected chi connectivity index (χ3v) is 10.1. The highest BCUT2D eigenvalue weighted by molar-refractivity contribution is 6.59. The lowest BCUT2D eigenvalue weighted by molar-refractivity contribution is -0.290. The van der Waals surface area contributed by atoms with Crippen molar-refractivity contribution < 1.29 is 31.1 Å². The summed E-state index contributed by atoms with van der Waals surface area (Å²) in [7, 11) is -0.579. The van der Waals surface area contributed by atoms with Crippen molar-refractivity contribution in [3.8, 4) is 16.9 Å². The molecule has 0 radical (unpaired) electrons. The number of rotatable bonds is 9. The van der Waals surface area contributed by atoms with Crippen LogP contribution in [0.1, 0.15) is 50.5 Å². The van der Waals surface area contributed by atoms with Crippen LogP contribution in [-0.4, -0.2) is 27.5 Å². The van der Waals surface area contributed by atoms with E-state index in [0.717, 1.165) is 17.7 Å². The van der Waals surface area contributed by atoms with Crippen LogP contribution in [0.2, 0.25) is 18.1 Å². The van der Waals surface area contributed by atoms with Gasteiger partial charge in [-0.1, -0.05) is 74.7 Å². The molecule has 2 aromatic rings. The van der Waals surface area contributed by atoms with E-state index in [-0.39, 0.29) is 0 Å². The number of alkyl halides is 5. The van der Waals surface area contributed by atoms with Gasteiger partial charge in [-0.05, 0) is 47.6 Å². The van der Waals surface area contributed by atoms with Crippen LogP contribution >= 0.6 is 0 Å². The van der Waals surface area contributed by atoms with Gasteiger partial charge in [0.15, 0.2) is 18.2 Å². The molecular formula is C25H30F6OSi. The summed E-state index contributed by atoms with van der Waals surface area (Å²) in [4.78, 5) is 0. The van der Waals surface area contributed by atoms with Gasteiger partial charge in [0.1, 0.15) is 0 Å². The highest BCUT2D eigenvalue weighted by atomic mass is 28.3. The fourth-order valence-electron chi connectivity index (χ4n) is 4.46. The van der Waals surface area contributed by atoms with Crippen molar-refractivity contribution in [3.63, 3.8) is 0 Å². The first-order valence-corrected chi connectivity index (χ1v) is 14.0. The van der Waals surface area contributed by atoms with Crippen LogP contribution in [0.15, 0.2) is 42.5 Å². The molecule has 0 spiro atoms. The van der Waals surface area contributed by atoms with Gasteiger partial charge in [0.25, 0.3) is 0 Å². The van der Waals surface area contributed by atoms with Crippen LogP contribution in [0.3, 0.4) is 0 Å². The normalized spacial score (nSPS) is 19.5. The first kappa shape index (κ1) is 25.7. The standard InChI is InChI=1S/C25H30F6OSi/c1-2-3-4-13-33-14-11-20(12-15-33)18-5-7-19(8-6-18)21-9-10-23(22(26)16-21)32-17-24(27,28)25(29,30)31/h5-10,16,20,33H,2-4,11-15,17H2,1H3. The summed E-state index contributed by atoms with van der Waals surface area (Å²) in [6.45, 7) is 0.268. The van der Waals surface area contributed by atoms with E-state index in [1.165, 1.54) is 61.9 Å². The number of hydrogen-bond donors (Lipinski definition) is 0. The van der Waals surface area contributed by atoms with Gasteiger partial charge < -0.3 is 4.74 Å². The van der Waals surface area contributed by atoms with E-state index in [0.29, 0.717) is 11.5 Å². The molecule has 1 nitrogen and oxygen atoms in total. The van der Waals surface area contributed by atoms with Crippen LogP contribution in [0.5, 0.6) is 5.75 Å². The first-order valence-electron chi connectivity index (χ1n) is 11.6. The molecule has 182 valence electrons. The Morgan fingerprint density at radius 2 is 1.55 bits per heavy atom. The van der Waals surface area contributed by atoms with Crippen LogP contribution < -0.4 is 4.74 Å². The molecule has 1 saturated heterocycles. The van der Waals surface area contributed by atoms with Crippen LogP contribution in [0, 0.1) is 5.82 Å². The van der Waals surface area contributed by atoms with E-state index in [1.54, 1.807) is 0 Å². The summed E-state index contributed by atoms with van der Waals surface area (Å²) in [5, 5.41) is 0. The summed E-state index contributed by atoms with van der Waals surface area (Å²) >= 11 is 0. The lowest BCUT2D eigenvalue weighted by Crippen LogP contribution is -2.41. The molecule has 0 aromatic heterocycles. The summed E-state index contributed by atoms with van der Waals surface area (Å²) < 4.78 is 81.5. The first-order chi connectivity index (χ1) is 15.6. The van der Waals surface area contributed by atoms with Crippen molar-refractivity contribution in [1.29, 1.82) is 0 Å². The summed E-state index contributed by atoms with van der Waals surface area (Å²) in [5.74, 6) is -6.12. The van der Waals surface area contributed by atoms with E-state index >= 15 is 0 Å². The van der Waals surface area contributed by atoms with Gasteiger partial charge in [-0.25, -0.2) is 4.39 Å². The molecule has 0 bridgehead atoms. The van der Waals surface area contributed by atoms with Gasteiger partial charge in [0.05, 0.1) is 0 Å². The quantitative estimate of drug-likeness (QED) is 0.196. The Kier molecular flexibility index (Phi) is 8.53. The van der Waals surface area contributed by atoms with E-state index in [1.807, 2.05) is 24.3 Å². The Morgan fingerprint density at radius 1 is 0.909 bits per heavy atom. The second kappa shape index (κ2) is 11.0. The molecule has 0 aliphatic carbocycles. The van der Waals surface area contributed by atoms with Gasteiger partial charge in [-0.2, -0.15) is 22.0 Å². The molecule has 3 rings (SSSR count). The predicted molar refractivity (Wildman–Crippen MR) is 121 cm³/mol. The molecule has 8 heteroatoms. The minimum absolute atomic E-state index is 0.501. The molecule has 0 saturated carbocycles. The molecule has 1 aliphatic heterocycles. The highest BCUT2D eigenvalue weighted by Gasteiger charge is 2.58. The Hall–Kier alpha value is -1.96. The Morgan fingerprint density at radius 3 is 2.12 bits per heavy atom. The largest absolute Gasteiger partial charge is 0.484 e. The molecule has 2 aromatic carbocycles. The number of hydrogen-bond acceptors (Lipinski definition) is 1. The molecule has 0 unspecified atom stereocenters. The van der Waals surface area contributed by atoms with Crippen molar-refractivity contribution in [2.45, 2.75) is 75.2 Å². The minimum Gasteiger partial charge on any atom is -0.484 e. The number of halogens is 6. The smallest absolute Gasteiger partial charge is 0.456 e. The lowest BCUT2D eigenvalue weighted by Gasteiger charge is -2.28. The monoisotopic (exact) mass is 488 g/mol. The fraction of sp³-hybridized carbons (Fsp3) is 0.520. The molecular weight excluding hydrogens is 458 g/mol. The number of ether oxygens (including phenoxy) is 1. The maximum Gasteiger partial charge on any atom is 0.456 e. The molecule has 0 amide bonds. The second-order valence-electron chi connectivity index (χ2n) is 8.97. The predicted octanol–water partition coefficient (Wildman–Crippen LogP) is 8.36. The SMILES string of the molecule is CCCCC[SiH]1CCC(c2ccc(-c3ccc(OCC(F)(F)C(F)(F)F)c(F)c3)cc2)CC1. The Labute approximate surface area is 192 Å². The molecule has 33 heavy (non-hydrogen) atoms. The van der Waals surface area contributed by atoms with Gasteiger partial charge in [-0.3, -0.25) is 0 Å².